The fraction of sp³-hybridized carbons (Fsp3) is 0.292. The molecule has 0 aliphatic carbocycles. The van der Waals surface area contributed by atoms with E-state index in [2.05, 4.69) is 10.6 Å². The number of amides is 2. The maximum absolute atomic E-state index is 12.8. The van der Waals surface area contributed by atoms with Gasteiger partial charge in [-0.2, -0.15) is 5.26 Å². The standard InChI is InChI=1S/C24H25N5O2S/c1-4-16(2)21(23(31)26-12-11-25)28-22(30)18-9-7-17(8-10-18)20-15-32-24(27-20)19-6-5-13-29(3)14-19/h5-10,13-16,21H,4,12H2,1-3H3,(H-,26,28,30,31)/p+1/t16?,21-/m0/s1. The highest BCUT2D eigenvalue weighted by Crippen LogP contribution is 2.28. The number of aromatic nitrogens is 2. The highest BCUT2D eigenvalue weighted by atomic mass is 32.1. The van der Waals surface area contributed by atoms with Gasteiger partial charge in [-0.05, 0) is 24.1 Å². The third-order valence-electron chi connectivity index (χ3n) is 5.26. The van der Waals surface area contributed by atoms with Gasteiger partial charge in [0.25, 0.3) is 5.91 Å². The van der Waals surface area contributed by atoms with E-state index < -0.39 is 6.04 Å². The average Bonchev–Trinajstić information content (AvgIpc) is 3.31. The van der Waals surface area contributed by atoms with Crippen LogP contribution in [0.25, 0.3) is 21.8 Å². The van der Waals surface area contributed by atoms with Crippen LogP contribution in [-0.2, 0) is 11.8 Å². The second-order valence-electron chi connectivity index (χ2n) is 7.59. The average molecular weight is 449 g/mol. The number of hydrogen-bond donors (Lipinski definition) is 2. The van der Waals surface area contributed by atoms with Crippen molar-refractivity contribution < 1.29 is 14.2 Å². The quantitative estimate of drug-likeness (QED) is 0.409. The summed E-state index contributed by atoms with van der Waals surface area (Å²) >= 11 is 1.57. The molecule has 0 saturated heterocycles. The van der Waals surface area contributed by atoms with Crippen molar-refractivity contribution >= 4 is 23.2 Å². The summed E-state index contributed by atoms with van der Waals surface area (Å²) in [6.07, 6.45) is 4.72. The number of nitrogens with zero attached hydrogens (tertiary/aromatic N) is 3. The van der Waals surface area contributed by atoms with Crippen molar-refractivity contribution in [1.29, 1.82) is 5.26 Å². The Morgan fingerprint density at radius 3 is 2.62 bits per heavy atom. The Morgan fingerprint density at radius 1 is 1.22 bits per heavy atom. The Bertz CT molecular complexity index is 1130. The van der Waals surface area contributed by atoms with Crippen LogP contribution in [0.5, 0.6) is 0 Å². The molecule has 7 nitrogen and oxygen atoms in total. The van der Waals surface area contributed by atoms with Gasteiger partial charge in [-0.25, -0.2) is 9.55 Å². The predicted molar refractivity (Wildman–Crippen MR) is 123 cm³/mol. The van der Waals surface area contributed by atoms with E-state index in [4.69, 9.17) is 10.2 Å². The molecule has 32 heavy (non-hydrogen) atoms. The first kappa shape index (κ1) is 23.1. The summed E-state index contributed by atoms with van der Waals surface area (Å²) in [4.78, 5) is 29.8. The zero-order valence-electron chi connectivity index (χ0n) is 18.3. The molecule has 0 radical (unpaired) electrons. The molecule has 2 aromatic heterocycles. The van der Waals surface area contributed by atoms with Crippen LogP contribution in [0.15, 0.2) is 54.2 Å². The van der Waals surface area contributed by atoms with Crippen molar-refractivity contribution in [1.82, 2.24) is 15.6 Å². The number of carbonyl (C=O) groups is 2. The van der Waals surface area contributed by atoms with E-state index in [0.717, 1.165) is 28.2 Å². The summed E-state index contributed by atoms with van der Waals surface area (Å²) in [5.74, 6) is -0.745. The summed E-state index contributed by atoms with van der Waals surface area (Å²) in [6, 6.07) is 12.4. The summed E-state index contributed by atoms with van der Waals surface area (Å²) < 4.78 is 1.98. The lowest BCUT2D eigenvalue weighted by Crippen LogP contribution is -2.50. The van der Waals surface area contributed by atoms with Crippen molar-refractivity contribution in [2.24, 2.45) is 13.0 Å². The molecule has 0 aliphatic heterocycles. The van der Waals surface area contributed by atoms with Crippen molar-refractivity contribution in [3.63, 3.8) is 0 Å². The minimum atomic E-state index is -0.700. The van der Waals surface area contributed by atoms with Crippen LogP contribution in [0, 0.1) is 17.2 Å². The van der Waals surface area contributed by atoms with Crippen LogP contribution >= 0.6 is 11.3 Å². The van der Waals surface area contributed by atoms with E-state index in [9.17, 15) is 9.59 Å². The SMILES string of the molecule is CCC(C)[C@H](NC(=O)c1ccc(-c2csc(-c3ccc[n+](C)c3)n2)cc1)C(=O)NCC#N. The fourth-order valence-corrected chi connectivity index (χ4v) is 4.03. The van der Waals surface area contributed by atoms with Crippen LogP contribution < -0.4 is 15.2 Å². The highest BCUT2D eigenvalue weighted by molar-refractivity contribution is 7.13. The molecule has 0 saturated carbocycles. The molecule has 0 spiro atoms. The monoisotopic (exact) mass is 448 g/mol. The lowest BCUT2D eigenvalue weighted by molar-refractivity contribution is -0.671. The number of nitriles is 1. The lowest BCUT2D eigenvalue weighted by Gasteiger charge is -2.23. The smallest absolute Gasteiger partial charge is 0.251 e. The van der Waals surface area contributed by atoms with E-state index in [1.807, 2.05) is 73.6 Å². The number of rotatable bonds is 8. The van der Waals surface area contributed by atoms with Gasteiger partial charge in [-0.15, -0.1) is 11.3 Å². The van der Waals surface area contributed by atoms with E-state index in [1.54, 1.807) is 23.5 Å². The molecule has 2 heterocycles. The maximum atomic E-state index is 12.8. The number of aryl methyl sites for hydroxylation is 1. The number of benzene rings is 1. The molecule has 2 atom stereocenters. The molecule has 2 N–H and O–H groups in total. The molecular weight excluding hydrogens is 422 g/mol. The predicted octanol–water partition coefficient (Wildman–Crippen LogP) is 3.09. The Morgan fingerprint density at radius 2 is 1.97 bits per heavy atom. The van der Waals surface area contributed by atoms with E-state index in [0.29, 0.717) is 5.56 Å². The third-order valence-corrected chi connectivity index (χ3v) is 6.15. The summed E-state index contributed by atoms with van der Waals surface area (Å²) in [7, 11) is 1.97. The molecule has 0 fully saturated rings. The van der Waals surface area contributed by atoms with E-state index in [-0.39, 0.29) is 24.3 Å². The number of pyridine rings is 1. The molecule has 1 aromatic carbocycles. The Labute approximate surface area is 191 Å². The van der Waals surface area contributed by atoms with Crippen molar-refractivity contribution in [3.8, 4) is 27.9 Å². The van der Waals surface area contributed by atoms with Crippen LogP contribution in [0.1, 0.15) is 30.6 Å². The minimum absolute atomic E-state index is 0.0647. The van der Waals surface area contributed by atoms with Gasteiger partial charge in [0.05, 0.1) is 17.3 Å². The van der Waals surface area contributed by atoms with Gasteiger partial charge >= 0.3 is 0 Å². The molecule has 3 aromatic rings. The van der Waals surface area contributed by atoms with Crippen molar-refractivity contribution in [3.05, 3.63) is 59.7 Å². The Balaban J connectivity index is 1.73. The molecule has 3 rings (SSSR count). The number of hydrogen-bond acceptors (Lipinski definition) is 5. The zero-order valence-corrected chi connectivity index (χ0v) is 19.1. The molecule has 2 amide bonds. The highest BCUT2D eigenvalue weighted by Gasteiger charge is 2.26. The van der Waals surface area contributed by atoms with Gasteiger partial charge in [0.15, 0.2) is 12.4 Å². The third kappa shape index (κ3) is 5.56. The number of thiazole rings is 1. The molecule has 1 unspecified atom stereocenters. The van der Waals surface area contributed by atoms with Crippen LogP contribution in [-0.4, -0.2) is 29.4 Å². The second-order valence-corrected chi connectivity index (χ2v) is 8.44. The zero-order chi connectivity index (χ0) is 23.1. The van der Waals surface area contributed by atoms with Crippen molar-refractivity contribution in [2.75, 3.05) is 6.54 Å². The number of nitrogens with one attached hydrogen (secondary N) is 2. The first-order chi connectivity index (χ1) is 15.4. The summed E-state index contributed by atoms with van der Waals surface area (Å²) in [6.45, 7) is 3.76. The van der Waals surface area contributed by atoms with Crippen molar-refractivity contribution in [2.45, 2.75) is 26.3 Å². The Hall–Kier alpha value is -3.57. The maximum Gasteiger partial charge on any atom is 0.251 e. The van der Waals surface area contributed by atoms with E-state index >= 15 is 0 Å². The molecule has 8 heteroatoms. The summed E-state index contributed by atoms with van der Waals surface area (Å²) in [5.41, 5.74) is 3.26. The largest absolute Gasteiger partial charge is 0.341 e. The minimum Gasteiger partial charge on any atom is -0.341 e. The van der Waals surface area contributed by atoms with Gasteiger partial charge in [0, 0.05) is 22.6 Å². The normalized spacial score (nSPS) is 12.4. The topological polar surface area (TPSA) is 98.8 Å². The van der Waals surface area contributed by atoms with Gasteiger partial charge in [-0.3, -0.25) is 9.59 Å². The lowest BCUT2D eigenvalue weighted by atomic mass is 9.97. The molecule has 0 aliphatic rings. The molecular formula is C24H26N5O2S+. The van der Waals surface area contributed by atoms with Gasteiger partial charge < -0.3 is 10.6 Å². The molecule has 0 bridgehead atoms. The van der Waals surface area contributed by atoms with Gasteiger partial charge in [0.2, 0.25) is 5.91 Å². The summed E-state index contributed by atoms with van der Waals surface area (Å²) in [5, 5.41) is 17.0. The van der Waals surface area contributed by atoms with E-state index in [1.165, 1.54) is 0 Å². The molecule has 164 valence electrons. The Kier molecular flexibility index (Phi) is 7.68. The van der Waals surface area contributed by atoms with Crippen LogP contribution in [0.3, 0.4) is 0 Å². The van der Waals surface area contributed by atoms with Gasteiger partial charge in [-0.1, -0.05) is 32.4 Å². The fourth-order valence-electron chi connectivity index (χ4n) is 3.21. The van der Waals surface area contributed by atoms with Gasteiger partial charge in [0.1, 0.15) is 24.6 Å². The van der Waals surface area contributed by atoms with Crippen LogP contribution in [0.4, 0.5) is 0 Å². The first-order valence-corrected chi connectivity index (χ1v) is 11.3. The first-order valence-electron chi connectivity index (χ1n) is 10.4. The second kappa shape index (κ2) is 10.6. The van der Waals surface area contributed by atoms with Crippen LogP contribution in [0.2, 0.25) is 0 Å². The number of carbonyl (C=O) groups excluding carboxylic acids is 2.